The molecule has 0 saturated carbocycles. The Hall–Kier alpha value is -2.96. The number of hydrogen-bond donors (Lipinski definition) is 1. The number of aldehydes is 1. The van der Waals surface area contributed by atoms with Crippen molar-refractivity contribution in [2.45, 2.75) is 19.4 Å². The quantitative estimate of drug-likeness (QED) is 0.821. The van der Waals surface area contributed by atoms with E-state index in [1.807, 2.05) is 6.08 Å². The Morgan fingerprint density at radius 2 is 2.27 bits per heavy atom. The van der Waals surface area contributed by atoms with Crippen molar-refractivity contribution < 1.29 is 23.5 Å². The Labute approximate surface area is 150 Å². The van der Waals surface area contributed by atoms with Crippen molar-refractivity contribution >= 4 is 29.5 Å². The number of ether oxygens (including phenoxy) is 1. The van der Waals surface area contributed by atoms with Crippen LogP contribution in [0.3, 0.4) is 0 Å². The van der Waals surface area contributed by atoms with Crippen LogP contribution in [0.2, 0.25) is 0 Å². The van der Waals surface area contributed by atoms with Gasteiger partial charge in [0.2, 0.25) is 5.91 Å². The number of nitrogens with zero attached hydrogens (tertiary/aromatic N) is 1. The van der Waals surface area contributed by atoms with Gasteiger partial charge in [-0.15, -0.1) is 0 Å². The minimum absolute atomic E-state index is 0.166. The van der Waals surface area contributed by atoms with E-state index in [9.17, 15) is 18.8 Å². The molecule has 26 heavy (non-hydrogen) atoms. The SMILES string of the molecule is CC(=O)NC[C@H]1CN(c2ccc(C3=CCC(C=O)C=C3)c(F)c2)C(=O)O1. The number of rotatable bonds is 5. The molecule has 2 atom stereocenters. The molecule has 0 radical (unpaired) electrons. The molecule has 1 aromatic carbocycles. The van der Waals surface area contributed by atoms with Crippen LogP contribution in [-0.4, -0.2) is 37.5 Å². The standard InChI is InChI=1S/C19H19FN2O4/c1-12(24)21-9-16-10-22(19(25)26-16)15-6-7-17(18(20)8-15)14-4-2-13(11-23)3-5-14/h2,4-8,11,13,16H,3,9-10H2,1H3,(H,21,24)/t13?,16-/m0/s1. The molecule has 6 nitrogen and oxygen atoms in total. The second kappa shape index (κ2) is 7.51. The molecular weight excluding hydrogens is 339 g/mol. The van der Waals surface area contributed by atoms with Gasteiger partial charge in [-0.3, -0.25) is 9.69 Å². The molecule has 2 aliphatic rings. The Balaban J connectivity index is 1.73. The van der Waals surface area contributed by atoms with Crippen LogP contribution in [-0.2, 0) is 14.3 Å². The first kappa shape index (κ1) is 17.8. The number of allylic oxidation sites excluding steroid dienone is 4. The number of halogens is 1. The van der Waals surface area contributed by atoms with Gasteiger partial charge in [-0.25, -0.2) is 9.18 Å². The van der Waals surface area contributed by atoms with Crippen LogP contribution >= 0.6 is 0 Å². The van der Waals surface area contributed by atoms with E-state index < -0.39 is 18.0 Å². The summed E-state index contributed by atoms with van der Waals surface area (Å²) in [6, 6.07) is 4.55. The molecule has 1 aliphatic carbocycles. The topological polar surface area (TPSA) is 75.7 Å². The number of carbonyl (C=O) groups excluding carboxylic acids is 3. The van der Waals surface area contributed by atoms with Crippen molar-refractivity contribution in [3.05, 3.63) is 47.8 Å². The summed E-state index contributed by atoms with van der Waals surface area (Å²) >= 11 is 0. The summed E-state index contributed by atoms with van der Waals surface area (Å²) in [4.78, 5) is 35.1. The van der Waals surface area contributed by atoms with Crippen molar-refractivity contribution in [3.8, 4) is 0 Å². The highest BCUT2D eigenvalue weighted by atomic mass is 19.1. The summed E-state index contributed by atoms with van der Waals surface area (Å²) in [5.41, 5.74) is 1.52. The highest BCUT2D eigenvalue weighted by Crippen LogP contribution is 2.29. The molecule has 136 valence electrons. The van der Waals surface area contributed by atoms with Crippen molar-refractivity contribution in [1.82, 2.24) is 5.32 Å². The zero-order chi connectivity index (χ0) is 18.7. The van der Waals surface area contributed by atoms with Gasteiger partial charge in [0.25, 0.3) is 0 Å². The lowest BCUT2D eigenvalue weighted by Crippen LogP contribution is -2.33. The van der Waals surface area contributed by atoms with E-state index in [1.54, 1.807) is 24.3 Å². The largest absolute Gasteiger partial charge is 0.442 e. The molecule has 3 rings (SSSR count). The highest BCUT2D eigenvalue weighted by molar-refractivity contribution is 5.90. The summed E-state index contributed by atoms with van der Waals surface area (Å²) < 4.78 is 19.7. The molecule has 1 unspecified atom stereocenters. The van der Waals surface area contributed by atoms with E-state index in [4.69, 9.17) is 4.74 Å². The Morgan fingerprint density at radius 3 is 2.88 bits per heavy atom. The maximum Gasteiger partial charge on any atom is 0.414 e. The van der Waals surface area contributed by atoms with E-state index in [1.165, 1.54) is 17.9 Å². The third-order valence-corrected chi connectivity index (χ3v) is 4.34. The molecule has 1 heterocycles. The average molecular weight is 358 g/mol. The Morgan fingerprint density at radius 1 is 1.46 bits per heavy atom. The number of cyclic esters (lactones) is 1. The molecule has 1 saturated heterocycles. The third kappa shape index (κ3) is 3.82. The third-order valence-electron chi connectivity index (χ3n) is 4.34. The zero-order valence-electron chi connectivity index (χ0n) is 14.3. The Kier molecular flexibility index (Phi) is 5.16. The Bertz CT molecular complexity index is 803. The molecule has 1 aliphatic heterocycles. The first-order chi connectivity index (χ1) is 12.5. The summed E-state index contributed by atoms with van der Waals surface area (Å²) in [7, 11) is 0. The van der Waals surface area contributed by atoms with Crippen LogP contribution in [0.5, 0.6) is 0 Å². The van der Waals surface area contributed by atoms with E-state index in [-0.39, 0.29) is 24.9 Å². The summed E-state index contributed by atoms with van der Waals surface area (Å²) in [6.07, 6.45) is 5.66. The fourth-order valence-electron chi connectivity index (χ4n) is 2.94. The molecule has 2 amide bonds. The maximum absolute atomic E-state index is 14.6. The fraction of sp³-hybridized carbons (Fsp3) is 0.316. The van der Waals surface area contributed by atoms with E-state index in [0.29, 0.717) is 23.2 Å². The molecule has 0 spiro atoms. The minimum Gasteiger partial charge on any atom is -0.442 e. The smallest absolute Gasteiger partial charge is 0.414 e. The van der Waals surface area contributed by atoms with Crippen LogP contribution in [0.4, 0.5) is 14.9 Å². The summed E-state index contributed by atoms with van der Waals surface area (Å²) in [6.45, 7) is 1.84. The maximum atomic E-state index is 14.6. The van der Waals surface area contributed by atoms with Gasteiger partial charge >= 0.3 is 6.09 Å². The number of amides is 2. The average Bonchev–Trinajstić information content (AvgIpc) is 3.01. The highest BCUT2D eigenvalue weighted by Gasteiger charge is 2.32. The minimum atomic E-state index is -0.571. The van der Waals surface area contributed by atoms with E-state index in [2.05, 4.69) is 5.32 Å². The second-order valence-corrected chi connectivity index (χ2v) is 6.27. The van der Waals surface area contributed by atoms with Gasteiger partial charge in [0.1, 0.15) is 18.2 Å². The van der Waals surface area contributed by atoms with Crippen LogP contribution < -0.4 is 10.2 Å². The monoisotopic (exact) mass is 358 g/mol. The van der Waals surface area contributed by atoms with E-state index in [0.717, 1.165) is 6.29 Å². The fourth-order valence-corrected chi connectivity index (χ4v) is 2.94. The van der Waals surface area contributed by atoms with Gasteiger partial charge in [0.15, 0.2) is 0 Å². The number of anilines is 1. The predicted molar refractivity (Wildman–Crippen MR) is 94.0 cm³/mol. The number of benzene rings is 1. The first-order valence-electron chi connectivity index (χ1n) is 8.34. The van der Waals surface area contributed by atoms with Gasteiger partial charge in [-0.1, -0.05) is 18.2 Å². The molecule has 1 fully saturated rings. The number of carbonyl (C=O) groups is 3. The van der Waals surface area contributed by atoms with Gasteiger partial charge < -0.3 is 14.8 Å². The summed E-state index contributed by atoms with van der Waals surface area (Å²) in [5.74, 6) is -0.831. The normalized spacial score (nSPS) is 22.0. The second-order valence-electron chi connectivity index (χ2n) is 6.27. The zero-order valence-corrected chi connectivity index (χ0v) is 14.3. The number of hydrogen-bond acceptors (Lipinski definition) is 4. The predicted octanol–water partition coefficient (Wildman–Crippen LogP) is 2.45. The van der Waals surface area contributed by atoms with Gasteiger partial charge in [-0.05, 0) is 30.2 Å². The van der Waals surface area contributed by atoms with Gasteiger partial charge in [-0.2, -0.15) is 0 Å². The van der Waals surface area contributed by atoms with Crippen LogP contribution in [0.1, 0.15) is 18.9 Å². The molecular formula is C19H19FN2O4. The molecule has 7 heteroatoms. The lowest BCUT2D eigenvalue weighted by atomic mass is 9.93. The van der Waals surface area contributed by atoms with Crippen LogP contribution in [0.25, 0.3) is 5.57 Å². The van der Waals surface area contributed by atoms with Crippen LogP contribution in [0.15, 0.2) is 36.4 Å². The number of nitrogens with one attached hydrogen (secondary N) is 1. The van der Waals surface area contributed by atoms with Crippen molar-refractivity contribution in [1.29, 1.82) is 0 Å². The molecule has 1 N–H and O–H groups in total. The van der Waals surface area contributed by atoms with Crippen molar-refractivity contribution in [2.24, 2.45) is 5.92 Å². The van der Waals surface area contributed by atoms with Gasteiger partial charge in [0.05, 0.1) is 18.8 Å². The van der Waals surface area contributed by atoms with Crippen molar-refractivity contribution in [2.75, 3.05) is 18.0 Å². The summed E-state index contributed by atoms with van der Waals surface area (Å²) in [5, 5.41) is 2.60. The van der Waals surface area contributed by atoms with Gasteiger partial charge in [0, 0.05) is 18.4 Å². The van der Waals surface area contributed by atoms with E-state index >= 15 is 0 Å². The lowest BCUT2D eigenvalue weighted by molar-refractivity contribution is -0.119. The van der Waals surface area contributed by atoms with Crippen LogP contribution in [0, 0.1) is 11.7 Å². The van der Waals surface area contributed by atoms with Crippen molar-refractivity contribution in [3.63, 3.8) is 0 Å². The molecule has 0 bridgehead atoms. The lowest BCUT2D eigenvalue weighted by Gasteiger charge is -2.16. The first-order valence-corrected chi connectivity index (χ1v) is 8.34. The molecule has 0 aromatic heterocycles. The molecule has 1 aromatic rings.